The highest BCUT2D eigenvalue weighted by molar-refractivity contribution is 7.93. The smallest absolute Gasteiger partial charge is 0.266 e. The number of thiophene rings is 1. The number of rotatable bonds is 4. The van der Waals surface area contributed by atoms with Gasteiger partial charge in [0.2, 0.25) is 0 Å². The highest BCUT2D eigenvalue weighted by atomic mass is 35.5. The lowest BCUT2D eigenvalue weighted by Crippen LogP contribution is -2.26. The Hall–Kier alpha value is -0.860. The summed E-state index contributed by atoms with van der Waals surface area (Å²) in [5.41, 5.74) is 6.64. The van der Waals surface area contributed by atoms with Gasteiger partial charge in [-0.15, -0.1) is 11.3 Å². The molecule has 2 aromatic rings. The highest BCUT2D eigenvalue weighted by Crippen LogP contribution is 2.36. The average molecular weight is 381 g/mol. The Kier molecular flexibility index (Phi) is 4.79. The van der Waals surface area contributed by atoms with E-state index in [-0.39, 0.29) is 14.2 Å². The van der Waals surface area contributed by atoms with Crippen LogP contribution >= 0.6 is 46.8 Å². The van der Waals surface area contributed by atoms with Crippen LogP contribution in [0.2, 0.25) is 8.67 Å². The van der Waals surface area contributed by atoms with Gasteiger partial charge in [-0.1, -0.05) is 35.4 Å². The topological polar surface area (TPSA) is 63.4 Å². The van der Waals surface area contributed by atoms with Gasteiger partial charge in [0.15, 0.2) is 0 Å². The summed E-state index contributed by atoms with van der Waals surface area (Å²) in [5, 5.41) is 0. The van der Waals surface area contributed by atoms with Crippen LogP contribution in [0, 0.1) is 0 Å². The first-order chi connectivity index (χ1) is 9.73. The monoisotopic (exact) mass is 380 g/mol. The van der Waals surface area contributed by atoms with E-state index < -0.39 is 10.0 Å². The molecule has 0 aliphatic carbocycles. The Morgan fingerprint density at radius 1 is 1.29 bits per heavy atom. The Morgan fingerprint density at radius 3 is 2.29 bits per heavy atom. The minimum Gasteiger partial charge on any atom is -0.389 e. The van der Waals surface area contributed by atoms with Crippen LogP contribution in [0.4, 0.5) is 5.69 Å². The number of nitrogens with zero attached hydrogens (tertiary/aromatic N) is 1. The molecule has 0 bridgehead atoms. The molecule has 112 valence electrons. The van der Waals surface area contributed by atoms with Crippen LogP contribution in [0.3, 0.4) is 0 Å². The van der Waals surface area contributed by atoms with Gasteiger partial charge in [0.1, 0.15) is 14.2 Å². The molecule has 0 amide bonds. The van der Waals surface area contributed by atoms with Crippen molar-refractivity contribution in [1.82, 2.24) is 0 Å². The molecule has 2 N–H and O–H groups in total. The number of benzene rings is 1. The number of thiocarbonyl (C=S) groups is 1. The van der Waals surface area contributed by atoms with Crippen LogP contribution in [0.25, 0.3) is 0 Å². The second kappa shape index (κ2) is 6.10. The van der Waals surface area contributed by atoms with E-state index in [1.165, 1.54) is 13.1 Å². The van der Waals surface area contributed by atoms with Gasteiger partial charge in [0.25, 0.3) is 10.0 Å². The second-order valence-electron chi connectivity index (χ2n) is 4.07. The van der Waals surface area contributed by atoms with E-state index in [4.69, 9.17) is 41.2 Å². The molecule has 1 aromatic heterocycles. The second-order valence-corrected chi connectivity index (χ2v) is 8.74. The Morgan fingerprint density at radius 2 is 1.86 bits per heavy atom. The van der Waals surface area contributed by atoms with Gasteiger partial charge in [-0.05, 0) is 30.3 Å². The fourth-order valence-electron chi connectivity index (χ4n) is 1.62. The number of hydrogen-bond acceptors (Lipinski definition) is 4. The molecule has 0 saturated carbocycles. The van der Waals surface area contributed by atoms with Crippen LogP contribution in [0.1, 0.15) is 5.56 Å². The molecule has 0 unspecified atom stereocenters. The first-order valence-corrected chi connectivity index (χ1v) is 8.99. The predicted octanol–water partition coefficient (Wildman–Crippen LogP) is 3.51. The van der Waals surface area contributed by atoms with Gasteiger partial charge < -0.3 is 5.73 Å². The van der Waals surface area contributed by atoms with Crippen LogP contribution in [-0.4, -0.2) is 20.5 Å². The van der Waals surface area contributed by atoms with Crippen LogP contribution in [0.5, 0.6) is 0 Å². The fraction of sp³-hybridized carbons (Fsp3) is 0.0833. The number of nitrogens with two attached hydrogens (primary N) is 1. The van der Waals surface area contributed by atoms with E-state index >= 15 is 0 Å². The van der Waals surface area contributed by atoms with Crippen molar-refractivity contribution in [2.24, 2.45) is 5.73 Å². The third kappa shape index (κ3) is 3.32. The number of anilines is 1. The van der Waals surface area contributed by atoms with Crippen LogP contribution in [0.15, 0.2) is 35.2 Å². The van der Waals surface area contributed by atoms with Crippen molar-refractivity contribution in [3.63, 3.8) is 0 Å². The van der Waals surface area contributed by atoms with Crippen molar-refractivity contribution < 1.29 is 8.42 Å². The Bertz CT molecular complexity index is 785. The fourth-order valence-corrected chi connectivity index (χ4v) is 5.07. The molecule has 9 heteroatoms. The largest absolute Gasteiger partial charge is 0.389 e. The molecule has 0 spiro atoms. The summed E-state index contributed by atoms with van der Waals surface area (Å²) < 4.78 is 26.6. The maximum Gasteiger partial charge on any atom is 0.266 e. The molecule has 1 heterocycles. The van der Waals surface area contributed by atoms with E-state index in [9.17, 15) is 8.42 Å². The van der Waals surface area contributed by atoms with E-state index in [1.54, 1.807) is 24.3 Å². The first-order valence-electron chi connectivity index (χ1n) is 5.57. The molecule has 0 fully saturated rings. The molecular formula is C12H10Cl2N2O2S3. The molecule has 0 radical (unpaired) electrons. The molecule has 21 heavy (non-hydrogen) atoms. The Balaban J connectivity index is 2.40. The van der Waals surface area contributed by atoms with Crippen molar-refractivity contribution in [1.29, 1.82) is 0 Å². The minimum atomic E-state index is -3.77. The van der Waals surface area contributed by atoms with E-state index in [1.807, 2.05) is 0 Å². The molecule has 2 rings (SSSR count). The van der Waals surface area contributed by atoms with Gasteiger partial charge in [0.05, 0.1) is 10.0 Å². The molecule has 0 aliphatic rings. The summed E-state index contributed by atoms with van der Waals surface area (Å²) >= 11 is 17.6. The zero-order chi connectivity index (χ0) is 15.8. The minimum absolute atomic E-state index is 0.0138. The maximum atomic E-state index is 12.5. The standard InChI is InChI=1S/C12H10Cl2N2O2S3/c1-16(8-4-2-7(3-5-8)12(15)19)21(17,18)9-6-10(13)20-11(9)14/h2-6H,1H3,(H2,15,19). The van der Waals surface area contributed by atoms with Gasteiger partial charge in [-0.2, -0.15) is 0 Å². The summed E-state index contributed by atoms with van der Waals surface area (Å²) in [4.78, 5) is 0.236. The van der Waals surface area contributed by atoms with Crippen molar-refractivity contribution in [3.05, 3.63) is 44.6 Å². The van der Waals surface area contributed by atoms with Gasteiger partial charge in [-0.3, -0.25) is 4.31 Å². The van der Waals surface area contributed by atoms with Gasteiger partial charge in [0, 0.05) is 12.6 Å². The van der Waals surface area contributed by atoms with Crippen LogP contribution < -0.4 is 10.0 Å². The maximum absolute atomic E-state index is 12.5. The van der Waals surface area contributed by atoms with E-state index in [0.29, 0.717) is 15.6 Å². The Labute approximate surface area is 142 Å². The lowest BCUT2D eigenvalue weighted by atomic mass is 10.2. The van der Waals surface area contributed by atoms with Crippen molar-refractivity contribution >= 4 is 67.5 Å². The zero-order valence-electron chi connectivity index (χ0n) is 10.7. The number of sulfonamides is 1. The number of halogens is 2. The summed E-state index contributed by atoms with van der Waals surface area (Å²) in [5.74, 6) is 0. The summed E-state index contributed by atoms with van der Waals surface area (Å²) in [6.45, 7) is 0. The summed E-state index contributed by atoms with van der Waals surface area (Å²) in [6, 6.07) is 7.89. The predicted molar refractivity (Wildman–Crippen MR) is 92.3 cm³/mol. The molecule has 0 saturated heterocycles. The van der Waals surface area contributed by atoms with E-state index in [2.05, 4.69) is 0 Å². The molecule has 1 aromatic carbocycles. The first kappa shape index (κ1) is 16.5. The van der Waals surface area contributed by atoms with Crippen molar-refractivity contribution in [2.75, 3.05) is 11.4 Å². The van der Waals surface area contributed by atoms with E-state index in [0.717, 1.165) is 15.6 Å². The zero-order valence-corrected chi connectivity index (χ0v) is 14.7. The van der Waals surface area contributed by atoms with Crippen molar-refractivity contribution in [3.8, 4) is 0 Å². The third-order valence-electron chi connectivity index (χ3n) is 2.78. The molecule has 0 aliphatic heterocycles. The average Bonchev–Trinajstić information content (AvgIpc) is 2.77. The summed E-state index contributed by atoms with van der Waals surface area (Å²) in [6.07, 6.45) is 0. The molecule has 4 nitrogen and oxygen atoms in total. The van der Waals surface area contributed by atoms with Gasteiger partial charge >= 0.3 is 0 Å². The molecule has 0 atom stereocenters. The highest BCUT2D eigenvalue weighted by Gasteiger charge is 2.26. The summed E-state index contributed by atoms with van der Waals surface area (Å²) in [7, 11) is -2.33. The third-order valence-corrected chi connectivity index (χ3v) is 6.55. The lowest BCUT2D eigenvalue weighted by Gasteiger charge is -2.19. The quantitative estimate of drug-likeness (QED) is 0.824. The number of hydrogen-bond donors (Lipinski definition) is 1. The lowest BCUT2D eigenvalue weighted by molar-refractivity contribution is 0.595. The van der Waals surface area contributed by atoms with Crippen LogP contribution in [-0.2, 0) is 10.0 Å². The van der Waals surface area contributed by atoms with Crippen molar-refractivity contribution in [2.45, 2.75) is 4.90 Å². The SMILES string of the molecule is CN(c1ccc(C(N)=S)cc1)S(=O)(=O)c1cc(Cl)sc1Cl. The molecular weight excluding hydrogens is 371 g/mol. The normalized spacial score (nSPS) is 11.4. The van der Waals surface area contributed by atoms with Gasteiger partial charge in [-0.25, -0.2) is 8.42 Å².